The Bertz CT molecular complexity index is 929. The van der Waals surface area contributed by atoms with Crippen LogP contribution in [0.3, 0.4) is 0 Å². The number of nitro benzene ring substituents is 1. The van der Waals surface area contributed by atoms with Gasteiger partial charge in [-0.05, 0) is 18.2 Å². The number of alkyl halides is 3. The summed E-state index contributed by atoms with van der Waals surface area (Å²) >= 11 is 0. The predicted octanol–water partition coefficient (Wildman–Crippen LogP) is 3.39. The second-order valence-electron chi connectivity index (χ2n) is 5.30. The molecule has 11 heteroatoms. The summed E-state index contributed by atoms with van der Waals surface area (Å²) in [7, 11) is 2.57. The van der Waals surface area contributed by atoms with Crippen LogP contribution in [-0.4, -0.2) is 31.3 Å². The van der Waals surface area contributed by atoms with E-state index in [1.807, 2.05) is 0 Å². The number of benzene rings is 2. The first-order valence-corrected chi connectivity index (χ1v) is 7.58. The number of nitro groups is 1. The number of hydrogen-bond acceptors (Lipinski definition) is 6. The average molecular weight is 397 g/mol. The Balaban J connectivity index is 2.24. The van der Waals surface area contributed by atoms with Gasteiger partial charge in [0.05, 0.1) is 30.9 Å². The molecule has 0 heterocycles. The first-order valence-electron chi connectivity index (χ1n) is 7.58. The Morgan fingerprint density at radius 1 is 1.18 bits per heavy atom. The maximum atomic E-state index is 12.7. The molecular formula is C17H14F3N3O5. The minimum absolute atomic E-state index is 0.0352. The summed E-state index contributed by atoms with van der Waals surface area (Å²) < 4.78 is 48.1. The second-order valence-corrected chi connectivity index (χ2v) is 5.30. The van der Waals surface area contributed by atoms with Gasteiger partial charge in [0.15, 0.2) is 0 Å². The molecular weight excluding hydrogens is 383 g/mol. The minimum Gasteiger partial charge on any atom is -0.496 e. The summed E-state index contributed by atoms with van der Waals surface area (Å²) in [6.45, 7) is 0. The van der Waals surface area contributed by atoms with Crippen molar-refractivity contribution in [3.05, 3.63) is 63.2 Å². The van der Waals surface area contributed by atoms with Crippen LogP contribution in [0.25, 0.3) is 0 Å². The molecule has 28 heavy (non-hydrogen) atoms. The number of methoxy groups -OCH3 is 2. The third-order valence-electron chi connectivity index (χ3n) is 3.55. The number of halogens is 3. The molecule has 1 N–H and O–H groups in total. The lowest BCUT2D eigenvalue weighted by molar-refractivity contribution is -0.385. The molecule has 0 spiro atoms. The fraction of sp³-hybridized carbons (Fsp3) is 0.176. The van der Waals surface area contributed by atoms with Gasteiger partial charge in [0.2, 0.25) is 5.75 Å². The van der Waals surface area contributed by atoms with Crippen molar-refractivity contribution < 1.29 is 32.4 Å². The van der Waals surface area contributed by atoms with E-state index in [4.69, 9.17) is 9.47 Å². The molecule has 2 rings (SSSR count). The SMILES string of the molecule is COc1cc(OC)c([N+](=O)[O-])cc1/C=N/NC(=O)c1cccc(C(F)(F)F)c1. The topological polar surface area (TPSA) is 103 Å². The van der Waals surface area contributed by atoms with Gasteiger partial charge in [-0.1, -0.05) is 6.07 Å². The van der Waals surface area contributed by atoms with E-state index < -0.39 is 22.6 Å². The third kappa shape index (κ3) is 4.75. The number of carbonyl (C=O) groups excluding carboxylic acids is 1. The van der Waals surface area contributed by atoms with Crippen LogP contribution in [0.2, 0.25) is 0 Å². The maximum Gasteiger partial charge on any atom is 0.416 e. The molecule has 1 amide bonds. The predicted molar refractivity (Wildman–Crippen MR) is 92.7 cm³/mol. The number of amides is 1. The Labute approximate surface area is 156 Å². The van der Waals surface area contributed by atoms with Crippen LogP contribution in [0, 0.1) is 10.1 Å². The Morgan fingerprint density at radius 2 is 1.86 bits per heavy atom. The van der Waals surface area contributed by atoms with Gasteiger partial charge in [-0.15, -0.1) is 0 Å². The molecule has 2 aromatic carbocycles. The lowest BCUT2D eigenvalue weighted by atomic mass is 10.1. The largest absolute Gasteiger partial charge is 0.496 e. The van der Waals surface area contributed by atoms with Crippen molar-refractivity contribution >= 4 is 17.8 Å². The van der Waals surface area contributed by atoms with E-state index in [0.29, 0.717) is 6.07 Å². The zero-order valence-electron chi connectivity index (χ0n) is 14.6. The van der Waals surface area contributed by atoms with E-state index in [1.54, 1.807) is 0 Å². The van der Waals surface area contributed by atoms with E-state index in [9.17, 15) is 28.1 Å². The van der Waals surface area contributed by atoms with Crippen molar-refractivity contribution in [1.82, 2.24) is 5.43 Å². The van der Waals surface area contributed by atoms with E-state index in [2.05, 4.69) is 10.5 Å². The lowest BCUT2D eigenvalue weighted by Crippen LogP contribution is -2.18. The van der Waals surface area contributed by atoms with Gasteiger partial charge in [0.1, 0.15) is 5.75 Å². The van der Waals surface area contributed by atoms with Crippen LogP contribution in [0.15, 0.2) is 41.5 Å². The van der Waals surface area contributed by atoms with Crippen molar-refractivity contribution in [1.29, 1.82) is 0 Å². The summed E-state index contributed by atoms with van der Waals surface area (Å²) in [6, 6.07) is 6.20. The van der Waals surface area contributed by atoms with Crippen LogP contribution in [-0.2, 0) is 6.18 Å². The number of nitrogens with zero attached hydrogens (tertiary/aromatic N) is 2. The molecule has 148 valence electrons. The summed E-state index contributed by atoms with van der Waals surface area (Å²) in [5, 5.41) is 14.7. The minimum atomic E-state index is -4.59. The fourth-order valence-corrected chi connectivity index (χ4v) is 2.21. The van der Waals surface area contributed by atoms with Gasteiger partial charge in [-0.2, -0.15) is 18.3 Å². The second kappa shape index (κ2) is 8.37. The zero-order chi connectivity index (χ0) is 20.9. The van der Waals surface area contributed by atoms with Crippen LogP contribution in [0.1, 0.15) is 21.5 Å². The number of rotatable bonds is 6. The van der Waals surface area contributed by atoms with Gasteiger partial charge in [-0.25, -0.2) is 5.43 Å². The molecule has 0 aliphatic rings. The summed E-state index contributed by atoms with van der Waals surface area (Å²) in [4.78, 5) is 22.4. The molecule has 0 aliphatic carbocycles. The highest BCUT2D eigenvalue weighted by Gasteiger charge is 2.30. The molecule has 0 aliphatic heterocycles. The van der Waals surface area contributed by atoms with Gasteiger partial charge in [-0.3, -0.25) is 14.9 Å². The highest BCUT2D eigenvalue weighted by molar-refractivity contribution is 5.95. The van der Waals surface area contributed by atoms with Crippen LogP contribution >= 0.6 is 0 Å². The number of nitrogens with one attached hydrogen (secondary N) is 1. The highest BCUT2D eigenvalue weighted by atomic mass is 19.4. The number of ether oxygens (including phenoxy) is 2. The van der Waals surface area contributed by atoms with Gasteiger partial charge in [0.25, 0.3) is 5.91 Å². The number of hydrogen-bond donors (Lipinski definition) is 1. The van der Waals surface area contributed by atoms with Crippen molar-refractivity contribution in [2.24, 2.45) is 5.10 Å². The molecule has 0 unspecified atom stereocenters. The smallest absolute Gasteiger partial charge is 0.416 e. The molecule has 0 bridgehead atoms. The van der Waals surface area contributed by atoms with E-state index in [0.717, 1.165) is 24.4 Å². The fourth-order valence-electron chi connectivity index (χ4n) is 2.21. The molecule has 0 fully saturated rings. The van der Waals surface area contributed by atoms with Crippen LogP contribution in [0.4, 0.5) is 18.9 Å². The quantitative estimate of drug-likeness (QED) is 0.457. The summed E-state index contributed by atoms with van der Waals surface area (Å²) in [5.74, 6) is -0.740. The molecule has 2 aromatic rings. The Kier molecular flexibility index (Phi) is 6.18. The van der Waals surface area contributed by atoms with Crippen molar-refractivity contribution in [2.75, 3.05) is 14.2 Å². The molecule has 0 aromatic heterocycles. The molecule has 0 radical (unpaired) electrons. The van der Waals surface area contributed by atoms with E-state index >= 15 is 0 Å². The van der Waals surface area contributed by atoms with E-state index in [-0.39, 0.29) is 28.3 Å². The Morgan fingerprint density at radius 3 is 2.43 bits per heavy atom. The highest BCUT2D eigenvalue weighted by Crippen LogP contribution is 2.33. The molecule has 0 saturated carbocycles. The monoisotopic (exact) mass is 397 g/mol. The van der Waals surface area contributed by atoms with Gasteiger partial charge < -0.3 is 9.47 Å². The number of carbonyl (C=O) groups is 1. The zero-order valence-corrected chi connectivity index (χ0v) is 14.6. The van der Waals surface area contributed by atoms with Gasteiger partial charge >= 0.3 is 11.9 Å². The number of hydrazone groups is 1. The average Bonchev–Trinajstić information content (AvgIpc) is 2.66. The third-order valence-corrected chi connectivity index (χ3v) is 3.55. The first kappa shape index (κ1) is 20.7. The van der Waals surface area contributed by atoms with Gasteiger partial charge in [0, 0.05) is 23.3 Å². The van der Waals surface area contributed by atoms with E-state index in [1.165, 1.54) is 26.4 Å². The summed E-state index contributed by atoms with van der Waals surface area (Å²) in [6.07, 6.45) is -3.52. The van der Waals surface area contributed by atoms with Crippen LogP contribution < -0.4 is 14.9 Å². The van der Waals surface area contributed by atoms with Crippen molar-refractivity contribution in [2.45, 2.75) is 6.18 Å². The normalized spacial score (nSPS) is 11.3. The molecule has 0 atom stereocenters. The standard InChI is InChI=1S/C17H14F3N3O5/c1-27-14-8-15(28-2)13(23(25)26)7-11(14)9-21-22-16(24)10-4-3-5-12(6-10)17(18,19)20/h3-9H,1-2H3,(H,22,24)/b21-9+. The lowest BCUT2D eigenvalue weighted by Gasteiger charge is -2.09. The van der Waals surface area contributed by atoms with Crippen LogP contribution in [0.5, 0.6) is 11.5 Å². The first-order chi connectivity index (χ1) is 13.2. The maximum absolute atomic E-state index is 12.7. The molecule has 8 nitrogen and oxygen atoms in total. The molecule has 0 saturated heterocycles. The Hall–Kier alpha value is -3.63. The summed E-state index contributed by atoms with van der Waals surface area (Å²) in [5.41, 5.74) is 0.635. The van der Waals surface area contributed by atoms with Crippen molar-refractivity contribution in [3.8, 4) is 11.5 Å². The van der Waals surface area contributed by atoms with Crippen molar-refractivity contribution in [3.63, 3.8) is 0 Å².